The van der Waals surface area contributed by atoms with Gasteiger partial charge in [0.15, 0.2) is 11.5 Å². The summed E-state index contributed by atoms with van der Waals surface area (Å²) in [6.07, 6.45) is 2.31. The Hall–Kier alpha value is -3.06. The Morgan fingerprint density at radius 1 is 1.13 bits per heavy atom. The summed E-state index contributed by atoms with van der Waals surface area (Å²) in [5.41, 5.74) is 0.804. The van der Waals surface area contributed by atoms with Gasteiger partial charge in [0.2, 0.25) is 5.78 Å². The Kier molecular flexibility index (Phi) is 6.13. The van der Waals surface area contributed by atoms with Gasteiger partial charge in [0.05, 0.1) is 18.2 Å². The van der Waals surface area contributed by atoms with Crippen LogP contribution >= 0.6 is 0 Å². The zero-order valence-corrected chi connectivity index (χ0v) is 18.0. The van der Waals surface area contributed by atoms with Gasteiger partial charge in [0.1, 0.15) is 11.5 Å². The zero-order valence-electron chi connectivity index (χ0n) is 18.0. The molecule has 2 aliphatic rings. The molecule has 1 aromatic carbocycles. The van der Waals surface area contributed by atoms with Crippen molar-refractivity contribution in [1.29, 1.82) is 0 Å². The molecule has 1 fully saturated rings. The van der Waals surface area contributed by atoms with Crippen LogP contribution in [-0.4, -0.2) is 59.4 Å². The number of hydrogen-bond acceptors (Lipinski definition) is 6. The van der Waals surface area contributed by atoms with Crippen molar-refractivity contribution in [2.45, 2.75) is 32.7 Å². The van der Waals surface area contributed by atoms with Crippen LogP contribution in [0.4, 0.5) is 0 Å². The summed E-state index contributed by atoms with van der Waals surface area (Å²) in [6, 6.07) is 9.90. The zero-order chi connectivity index (χ0) is 22.0. The normalized spacial score (nSPS) is 19.5. The number of aryl methyl sites for hydroxylation is 1. The highest BCUT2D eigenvalue weighted by Gasteiger charge is 2.44. The highest BCUT2D eigenvalue weighted by Crippen LogP contribution is 2.39. The van der Waals surface area contributed by atoms with Gasteiger partial charge in [-0.3, -0.25) is 9.59 Å². The highest BCUT2D eigenvalue weighted by atomic mass is 16.5. The molecule has 3 heterocycles. The molecule has 4 rings (SSSR count). The number of likely N-dealkylation sites (tertiary alicyclic amines) is 1. The number of furan rings is 1. The van der Waals surface area contributed by atoms with Crippen LogP contribution in [0.15, 0.2) is 52.1 Å². The van der Waals surface area contributed by atoms with Gasteiger partial charge in [0, 0.05) is 13.1 Å². The van der Waals surface area contributed by atoms with Crippen LogP contribution < -0.4 is 4.74 Å². The number of aliphatic hydroxyl groups excluding tert-OH is 1. The molecule has 0 spiro atoms. The van der Waals surface area contributed by atoms with E-state index in [0.717, 1.165) is 31.5 Å². The monoisotopic (exact) mass is 424 g/mol. The van der Waals surface area contributed by atoms with Crippen LogP contribution in [-0.2, 0) is 4.79 Å². The van der Waals surface area contributed by atoms with E-state index in [2.05, 4.69) is 4.90 Å². The number of ether oxygens (including phenoxy) is 1. The lowest BCUT2D eigenvalue weighted by Gasteiger charge is -2.28. The average Bonchev–Trinajstić information content (AvgIpc) is 3.49. The molecule has 164 valence electrons. The molecule has 2 aliphatic heterocycles. The van der Waals surface area contributed by atoms with Gasteiger partial charge in [-0.2, -0.15) is 0 Å². The summed E-state index contributed by atoms with van der Waals surface area (Å²) in [7, 11) is 0. The third kappa shape index (κ3) is 4.23. The Balaban J connectivity index is 1.68. The summed E-state index contributed by atoms with van der Waals surface area (Å²) < 4.78 is 11.0. The Morgan fingerprint density at radius 2 is 1.84 bits per heavy atom. The third-order valence-electron chi connectivity index (χ3n) is 5.88. The van der Waals surface area contributed by atoms with Crippen LogP contribution in [0.3, 0.4) is 0 Å². The number of rotatable bonds is 8. The minimum atomic E-state index is -0.677. The number of nitrogens with zero attached hydrogens (tertiary/aromatic N) is 2. The SMILES string of the molecule is CCOc1ccc(C2C(C(=O)c3ccc(C)o3)=C(O)C(=O)N2CCN2CCCC2)cc1. The van der Waals surface area contributed by atoms with Gasteiger partial charge in [-0.25, -0.2) is 0 Å². The van der Waals surface area contributed by atoms with Gasteiger partial charge in [0.25, 0.3) is 5.91 Å². The Labute approximate surface area is 181 Å². The standard InChI is InChI=1S/C24H28N2O5/c1-3-30-18-9-7-17(8-10-18)21-20(22(27)19-11-6-16(2)31-19)23(28)24(29)26(21)15-14-25-12-4-5-13-25/h6-11,21,28H,3-5,12-15H2,1-2H3. The number of carbonyl (C=O) groups excluding carboxylic acids is 2. The van der Waals surface area contributed by atoms with Crippen LogP contribution in [0, 0.1) is 6.92 Å². The lowest BCUT2D eigenvalue weighted by molar-refractivity contribution is -0.129. The van der Waals surface area contributed by atoms with Gasteiger partial charge >= 0.3 is 0 Å². The second kappa shape index (κ2) is 8.98. The molecule has 7 nitrogen and oxygen atoms in total. The Bertz CT molecular complexity index is 986. The van der Waals surface area contributed by atoms with Crippen molar-refractivity contribution in [3.63, 3.8) is 0 Å². The van der Waals surface area contributed by atoms with E-state index in [4.69, 9.17) is 9.15 Å². The fourth-order valence-corrected chi connectivity index (χ4v) is 4.32. The van der Waals surface area contributed by atoms with E-state index in [-0.39, 0.29) is 11.3 Å². The molecule has 1 aromatic heterocycles. The molecule has 1 unspecified atom stereocenters. The molecule has 2 aromatic rings. The van der Waals surface area contributed by atoms with Crippen molar-refractivity contribution < 1.29 is 23.8 Å². The maximum Gasteiger partial charge on any atom is 0.290 e. The van der Waals surface area contributed by atoms with E-state index in [0.29, 0.717) is 31.2 Å². The first-order valence-electron chi connectivity index (χ1n) is 10.8. The van der Waals surface area contributed by atoms with E-state index in [1.165, 1.54) is 0 Å². The first-order valence-corrected chi connectivity index (χ1v) is 10.8. The van der Waals surface area contributed by atoms with Crippen LogP contribution in [0.5, 0.6) is 5.75 Å². The average molecular weight is 424 g/mol. The second-order valence-corrected chi connectivity index (χ2v) is 7.95. The summed E-state index contributed by atoms with van der Waals surface area (Å²) in [4.78, 5) is 30.1. The van der Waals surface area contributed by atoms with Gasteiger partial charge in [-0.15, -0.1) is 0 Å². The van der Waals surface area contributed by atoms with E-state index in [9.17, 15) is 14.7 Å². The smallest absolute Gasteiger partial charge is 0.290 e. The molecule has 1 N–H and O–H groups in total. The van der Waals surface area contributed by atoms with Crippen molar-refractivity contribution in [2.75, 3.05) is 32.8 Å². The number of Topliss-reactive ketones (excluding diaryl/α,β-unsaturated/α-hetero) is 1. The number of carbonyl (C=O) groups is 2. The largest absolute Gasteiger partial charge is 0.503 e. The number of amides is 1. The molecule has 0 bridgehead atoms. The van der Waals surface area contributed by atoms with Crippen LogP contribution in [0.2, 0.25) is 0 Å². The molecule has 1 amide bonds. The Morgan fingerprint density at radius 3 is 2.45 bits per heavy atom. The van der Waals surface area contributed by atoms with E-state index < -0.39 is 23.5 Å². The van der Waals surface area contributed by atoms with Gasteiger partial charge in [-0.05, 0) is 69.6 Å². The van der Waals surface area contributed by atoms with Crippen molar-refractivity contribution in [3.8, 4) is 5.75 Å². The topological polar surface area (TPSA) is 83.2 Å². The quantitative estimate of drug-likeness (QED) is 0.651. The lowest BCUT2D eigenvalue weighted by Crippen LogP contribution is -2.37. The molecule has 0 saturated carbocycles. The summed E-state index contributed by atoms with van der Waals surface area (Å²) >= 11 is 0. The fourth-order valence-electron chi connectivity index (χ4n) is 4.32. The maximum atomic E-state index is 13.2. The fraction of sp³-hybridized carbons (Fsp3) is 0.417. The third-order valence-corrected chi connectivity index (χ3v) is 5.88. The van der Waals surface area contributed by atoms with Crippen molar-refractivity contribution in [2.24, 2.45) is 0 Å². The minimum absolute atomic E-state index is 0.0601. The predicted molar refractivity (Wildman–Crippen MR) is 115 cm³/mol. The number of hydrogen-bond donors (Lipinski definition) is 1. The van der Waals surface area contributed by atoms with Crippen LogP contribution in [0.1, 0.15) is 47.7 Å². The van der Waals surface area contributed by atoms with Gasteiger partial charge in [-0.1, -0.05) is 12.1 Å². The molecular formula is C24H28N2O5. The van der Waals surface area contributed by atoms with E-state index >= 15 is 0 Å². The highest BCUT2D eigenvalue weighted by molar-refractivity contribution is 6.15. The molecule has 1 atom stereocenters. The summed E-state index contributed by atoms with van der Waals surface area (Å²) in [5, 5.41) is 10.7. The number of benzene rings is 1. The second-order valence-electron chi connectivity index (χ2n) is 7.95. The molecular weight excluding hydrogens is 396 g/mol. The van der Waals surface area contributed by atoms with Crippen molar-refractivity contribution in [1.82, 2.24) is 9.80 Å². The molecule has 1 saturated heterocycles. The van der Waals surface area contributed by atoms with Gasteiger partial charge < -0.3 is 24.1 Å². The molecule has 7 heteroatoms. The first-order chi connectivity index (χ1) is 15.0. The number of aliphatic hydroxyl groups is 1. The minimum Gasteiger partial charge on any atom is -0.503 e. The molecule has 0 radical (unpaired) electrons. The molecule has 31 heavy (non-hydrogen) atoms. The summed E-state index contributed by atoms with van der Waals surface area (Å²) in [6.45, 7) is 7.34. The first kappa shape index (κ1) is 21.2. The number of ketones is 1. The summed E-state index contributed by atoms with van der Waals surface area (Å²) in [5.74, 6) is -0.0760. The van der Waals surface area contributed by atoms with E-state index in [1.54, 1.807) is 24.0 Å². The van der Waals surface area contributed by atoms with Crippen LogP contribution in [0.25, 0.3) is 0 Å². The van der Waals surface area contributed by atoms with Crippen molar-refractivity contribution >= 4 is 11.7 Å². The lowest BCUT2D eigenvalue weighted by atomic mass is 9.95. The maximum absolute atomic E-state index is 13.2. The predicted octanol–water partition coefficient (Wildman–Crippen LogP) is 3.66. The van der Waals surface area contributed by atoms with E-state index in [1.807, 2.05) is 31.2 Å². The molecule has 0 aliphatic carbocycles. The van der Waals surface area contributed by atoms with Crippen molar-refractivity contribution in [3.05, 3.63) is 64.8 Å².